The molecule has 2 aromatic heterocycles. The molecule has 0 aliphatic heterocycles. The number of hydrogen-bond acceptors (Lipinski definition) is 6. The third kappa shape index (κ3) is 5.51. The van der Waals surface area contributed by atoms with Gasteiger partial charge >= 0.3 is 5.97 Å². The van der Waals surface area contributed by atoms with Crippen LogP contribution in [-0.4, -0.2) is 33.6 Å². The molecule has 5 aromatic rings. The summed E-state index contributed by atoms with van der Waals surface area (Å²) in [6.45, 7) is 8.63. The fraction of sp³-hybridized carbons (Fsp3) is 0.188. The van der Waals surface area contributed by atoms with Crippen LogP contribution in [0.3, 0.4) is 0 Å². The molecule has 208 valence electrons. The van der Waals surface area contributed by atoms with Gasteiger partial charge in [-0.1, -0.05) is 43.6 Å². The van der Waals surface area contributed by atoms with Gasteiger partial charge < -0.3 is 14.3 Å². The maximum atomic E-state index is 13.7. The third-order valence-corrected chi connectivity index (χ3v) is 7.00. The predicted molar refractivity (Wildman–Crippen MR) is 161 cm³/mol. The monoisotopic (exact) mass is 569 g/mol. The number of rotatable bonds is 8. The lowest BCUT2D eigenvalue weighted by molar-refractivity contribution is 0.0697. The van der Waals surface area contributed by atoms with Crippen LogP contribution in [0.15, 0.2) is 81.0 Å². The molecule has 0 saturated carbocycles. The Bertz CT molecular complexity index is 1870. The molecule has 5 rings (SSSR count). The first-order chi connectivity index (χ1) is 19.7. The lowest BCUT2D eigenvalue weighted by Crippen LogP contribution is -2.20. The molecule has 0 unspecified atom stereocenters. The number of nitrogens with zero attached hydrogens (tertiary/aromatic N) is 3. The molecule has 0 spiro atoms. The smallest absolute Gasteiger partial charge is 0.337 e. The summed E-state index contributed by atoms with van der Waals surface area (Å²) in [5.74, 6) is 1.13. The summed E-state index contributed by atoms with van der Waals surface area (Å²) in [7, 11) is 0. The minimum Gasteiger partial charge on any atom is -0.494 e. The molecular formula is C32H28ClN3O5. The van der Waals surface area contributed by atoms with E-state index in [1.807, 2.05) is 32.0 Å². The third-order valence-electron chi connectivity index (χ3n) is 6.68. The number of aryl methyl sites for hydroxylation is 1. The van der Waals surface area contributed by atoms with E-state index in [0.717, 1.165) is 22.4 Å². The minimum atomic E-state index is -1.11. The van der Waals surface area contributed by atoms with Crippen LogP contribution >= 0.6 is 11.6 Å². The van der Waals surface area contributed by atoms with Crippen LogP contribution in [0.1, 0.15) is 53.9 Å². The highest BCUT2D eigenvalue weighted by Crippen LogP contribution is 2.34. The number of aromatic nitrogens is 2. The quantitative estimate of drug-likeness (QED) is 0.195. The Labute approximate surface area is 241 Å². The zero-order valence-corrected chi connectivity index (χ0v) is 23.8. The van der Waals surface area contributed by atoms with Crippen molar-refractivity contribution < 1.29 is 19.1 Å². The van der Waals surface area contributed by atoms with E-state index in [0.29, 0.717) is 40.4 Å². The first kappa shape index (κ1) is 27.9. The minimum absolute atomic E-state index is 0.00433. The predicted octanol–water partition coefficient (Wildman–Crippen LogP) is 7.39. The topological polar surface area (TPSA) is 107 Å². The average molecular weight is 570 g/mol. The largest absolute Gasteiger partial charge is 0.494 e. The average Bonchev–Trinajstić information content (AvgIpc) is 3.41. The van der Waals surface area contributed by atoms with Gasteiger partial charge in [0.15, 0.2) is 5.82 Å². The molecule has 1 N–H and O–H groups in total. The van der Waals surface area contributed by atoms with E-state index in [1.54, 1.807) is 36.4 Å². The number of aromatic carboxylic acids is 1. The molecule has 41 heavy (non-hydrogen) atoms. The molecule has 0 aliphatic carbocycles. The lowest BCUT2D eigenvalue weighted by Gasteiger charge is -2.18. The molecule has 9 heteroatoms. The summed E-state index contributed by atoms with van der Waals surface area (Å²) in [4.78, 5) is 29.8. The van der Waals surface area contributed by atoms with Gasteiger partial charge in [0.1, 0.15) is 17.3 Å². The Balaban J connectivity index is 1.61. The highest BCUT2D eigenvalue weighted by molar-refractivity contribution is 6.33. The van der Waals surface area contributed by atoms with Crippen LogP contribution in [0.25, 0.3) is 33.6 Å². The van der Waals surface area contributed by atoms with Crippen LogP contribution in [0.2, 0.25) is 5.02 Å². The molecule has 0 fully saturated rings. The highest BCUT2D eigenvalue weighted by atomic mass is 35.5. The second kappa shape index (κ2) is 11.4. The fourth-order valence-corrected chi connectivity index (χ4v) is 4.87. The van der Waals surface area contributed by atoms with Crippen LogP contribution in [0, 0.1) is 6.92 Å². The normalized spacial score (nSPS) is 11.6. The second-order valence-corrected chi connectivity index (χ2v) is 10.2. The van der Waals surface area contributed by atoms with Gasteiger partial charge in [0.2, 0.25) is 0 Å². The van der Waals surface area contributed by atoms with Gasteiger partial charge in [-0.15, -0.1) is 0 Å². The van der Waals surface area contributed by atoms with Crippen molar-refractivity contribution in [3.05, 3.63) is 105 Å². The number of carboxylic acids is 1. The number of para-hydroxylation sites is 1. The first-order valence-electron chi connectivity index (χ1n) is 13.1. The molecule has 0 radical (unpaired) electrons. The fourth-order valence-electron chi connectivity index (χ4n) is 4.61. The summed E-state index contributed by atoms with van der Waals surface area (Å²) < 4.78 is 13.1. The molecule has 0 atom stereocenters. The van der Waals surface area contributed by atoms with E-state index in [4.69, 9.17) is 25.7 Å². The molecule has 0 saturated heterocycles. The summed E-state index contributed by atoms with van der Waals surface area (Å²) in [6, 6.07) is 19.2. The summed E-state index contributed by atoms with van der Waals surface area (Å²) >= 11 is 6.13. The highest BCUT2D eigenvalue weighted by Gasteiger charge is 2.19. The van der Waals surface area contributed by atoms with E-state index in [1.165, 1.54) is 23.0 Å². The van der Waals surface area contributed by atoms with Crippen molar-refractivity contribution in [1.82, 2.24) is 9.66 Å². The van der Waals surface area contributed by atoms with Crippen LogP contribution < -0.4 is 10.3 Å². The zero-order chi connectivity index (χ0) is 29.3. The van der Waals surface area contributed by atoms with Crippen molar-refractivity contribution in [3.8, 4) is 28.5 Å². The zero-order valence-electron chi connectivity index (χ0n) is 23.0. The van der Waals surface area contributed by atoms with Crippen molar-refractivity contribution in [2.75, 3.05) is 6.61 Å². The number of halogens is 1. The molecule has 0 bridgehead atoms. The number of carbonyl (C=O) groups is 1. The van der Waals surface area contributed by atoms with Gasteiger partial charge in [0, 0.05) is 11.1 Å². The van der Waals surface area contributed by atoms with E-state index >= 15 is 0 Å². The Morgan fingerprint density at radius 1 is 1.15 bits per heavy atom. The number of hydrogen-bond donors (Lipinski definition) is 1. The van der Waals surface area contributed by atoms with Gasteiger partial charge in [-0.25, -0.2) is 9.78 Å². The van der Waals surface area contributed by atoms with Crippen molar-refractivity contribution in [2.45, 2.75) is 33.6 Å². The van der Waals surface area contributed by atoms with Crippen LogP contribution in [0.4, 0.5) is 0 Å². The summed E-state index contributed by atoms with van der Waals surface area (Å²) in [5, 5.41) is 14.3. The second-order valence-electron chi connectivity index (χ2n) is 9.81. The van der Waals surface area contributed by atoms with Crippen molar-refractivity contribution in [1.29, 1.82) is 0 Å². The van der Waals surface area contributed by atoms with Gasteiger partial charge in [-0.2, -0.15) is 9.78 Å². The first-order valence-corrected chi connectivity index (χ1v) is 13.5. The van der Waals surface area contributed by atoms with Gasteiger partial charge in [-0.3, -0.25) is 4.79 Å². The standard InChI is InChI=1S/C32H28ClN3O5/c1-5-40-29-14-19(4)25(16-24(29)18(2)3)30-35-27-9-7-6-8-23(27)31(37)36(30)34-17-21-11-13-28(41-21)20-10-12-22(32(38)39)26(33)15-20/h6-18H,5H2,1-4H3,(H,38,39). The number of fused-ring (bicyclic) bond motifs is 1. The van der Waals surface area contributed by atoms with Crippen molar-refractivity contribution in [2.24, 2.45) is 5.10 Å². The van der Waals surface area contributed by atoms with Gasteiger partial charge in [0.05, 0.1) is 34.3 Å². The summed E-state index contributed by atoms with van der Waals surface area (Å²) in [6.07, 6.45) is 1.45. The molecule has 2 heterocycles. The maximum absolute atomic E-state index is 13.7. The SMILES string of the molecule is CCOc1cc(C)c(-c2nc3ccccc3c(=O)n2N=Cc2ccc(-c3ccc(C(=O)O)c(Cl)c3)o2)cc1C(C)C. The van der Waals surface area contributed by atoms with Crippen molar-refractivity contribution in [3.63, 3.8) is 0 Å². The van der Waals surface area contributed by atoms with Gasteiger partial charge in [0.25, 0.3) is 5.56 Å². The van der Waals surface area contributed by atoms with Crippen LogP contribution in [-0.2, 0) is 0 Å². The van der Waals surface area contributed by atoms with Gasteiger partial charge in [-0.05, 0) is 79.4 Å². The Hall–Kier alpha value is -4.69. The number of carboxylic acid groups (broad SMARTS) is 1. The van der Waals surface area contributed by atoms with Crippen LogP contribution in [0.5, 0.6) is 5.75 Å². The number of benzene rings is 3. The van der Waals surface area contributed by atoms with E-state index < -0.39 is 5.97 Å². The molecular weight excluding hydrogens is 542 g/mol. The molecule has 3 aromatic carbocycles. The van der Waals surface area contributed by atoms with E-state index in [2.05, 4.69) is 18.9 Å². The maximum Gasteiger partial charge on any atom is 0.337 e. The van der Waals surface area contributed by atoms with E-state index in [-0.39, 0.29) is 22.1 Å². The Kier molecular flexibility index (Phi) is 7.77. The molecule has 8 nitrogen and oxygen atoms in total. The molecule has 0 aliphatic rings. The number of ether oxygens (including phenoxy) is 1. The summed E-state index contributed by atoms with van der Waals surface area (Å²) in [5.41, 5.74) is 3.54. The lowest BCUT2D eigenvalue weighted by atomic mass is 9.96. The van der Waals surface area contributed by atoms with Crippen molar-refractivity contribution >= 4 is 34.7 Å². The van der Waals surface area contributed by atoms with E-state index in [9.17, 15) is 14.7 Å². The number of furan rings is 1. The Morgan fingerprint density at radius 3 is 2.63 bits per heavy atom. The Morgan fingerprint density at radius 2 is 1.93 bits per heavy atom. The molecule has 0 amide bonds.